The molecule has 0 radical (unpaired) electrons. The Morgan fingerprint density at radius 2 is 2.19 bits per heavy atom. The smallest absolute Gasteiger partial charge is 0.246 e. The SMILES string of the molecule is COc1ccc(Br)cc1C=CC(=O)N1CC(O)(C2CC2)C1. The number of carbonyl (C=O) groups excluding carboxylic acids is 1. The highest BCUT2D eigenvalue weighted by atomic mass is 79.9. The van der Waals surface area contributed by atoms with E-state index in [0.29, 0.717) is 19.0 Å². The monoisotopic (exact) mass is 351 g/mol. The van der Waals surface area contributed by atoms with Gasteiger partial charge in [-0.2, -0.15) is 0 Å². The first kappa shape index (κ1) is 14.6. The molecule has 2 fully saturated rings. The lowest BCUT2D eigenvalue weighted by Gasteiger charge is -2.46. The predicted molar refractivity (Wildman–Crippen MR) is 84.0 cm³/mol. The summed E-state index contributed by atoms with van der Waals surface area (Å²) in [7, 11) is 1.60. The topological polar surface area (TPSA) is 49.8 Å². The molecule has 1 aliphatic carbocycles. The lowest BCUT2D eigenvalue weighted by atomic mass is 9.88. The molecule has 4 nitrogen and oxygen atoms in total. The Labute approximate surface area is 132 Å². The summed E-state index contributed by atoms with van der Waals surface area (Å²) in [6.45, 7) is 0.910. The lowest BCUT2D eigenvalue weighted by molar-refractivity contribution is -0.154. The fourth-order valence-corrected chi connectivity index (χ4v) is 3.13. The standard InChI is InChI=1S/C16H18BrNO3/c1-21-14-6-5-13(17)8-11(14)2-7-15(19)18-9-16(20,10-18)12-3-4-12/h2,5-8,12,20H,3-4,9-10H2,1H3. The lowest BCUT2D eigenvalue weighted by Crippen LogP contribution is -2.64. The Morgan fingerprint density at radius 3 is 2.81 bits per heavy atom. The second kappa shape index (κ2) is 5.46. The molecule has 1 N–H and O–H groups in total. The quantitative estimate of drug-likeness (QED) is 0.847. The van der Waals surface area contributed by atoms with Crippen LogP contribution < -0.4 is 4.74 Å². The third kappa shape index (κ3) is 2.99. The Morgan fingerprint density at radius 1 is 1.48 bits per heavy atom. The van der Waals surface area contributed by atoms with E-state index in [9.17, 15) is 9.90 Å². The number of likely N-dealkylation sites (tertiary alicyclic amines) is 1. The van der Waals surface area contributed by atoms with Crippen molar-refractivity contribution in [1.29, 1.82) is 0 Å². The second-order valence-corrected chi connectivity index (χ2v) is 6.71. The second-order valence-electron chi connectivity index (χ2n) is 5.79. The predicted octanol–water partition coefficient (Wildman–Crippen LogP) is 2.45. The Balaban J connectivity index is 1.64. The van der Waals surface area contributed by atoms with Gasteiger partial charge in [-0.15, -0.1) is 0 Å². The van der Waals surface area contributed by atoms with Crippen LogP contribution in [0.4, 0.5) is 0 Å². The summed E-state index contributed by atoms with van der Waals surface area (Å²) in [5.74, 6) is 1.05. The third-order valence-corrected chi connectivity index (χ3v) is 4.67. The fourth-order valence-electron chi connectivity index (χ4n) is 2.75. The average molecular weight is 352 g/mol. The van der Waals surface area contributed by atoms with Crippen LogP contribution in [0, 0.1) is 5.92 Å². The van der Waals surface area contributed by atoms with Crippen LogP contribution in [-0.4, -0.2) is 41.7 Å². The maximum absolute atomic E-state index is 12.1. The van der Waals surface area contributed by atoms with Gasteiger partial charge < -0.3 is 14.7 Å². The number of β-amino-alcohol motifs (C(OH)–C–C–N with tert-alkyl or cyclic N) is 1. The number of hydrogen-bond donors (Lipinski definition) is 1. The van der Waals surface area contributed by atoms with Gasteiger partial charge >= 0.3 is 0 Å². The highest BCUT2D eigenvalue weighted by molar-refractivity contribution is 9.10. The van der Waals surface area contributed by atoms with Gasteiger partial charge in [-0.25, -0.2) is 0 Å². The molecule has 1 aromatic rings. The van der Waals surface area contributed by atoms with Crippen LogP contribution in [0.2, 0.25) is 0 Å². The molecule has 1 aromatic carbocycles. The fraction of sp³-hybridized carbons (Fsp3) is 0.438. The van der Waals surface area contributed by atoms with Crippen molar-refractivity contribution < 1.29 is 14.6 Å². The van der Waals surface area contributed by atoms with E-state index in [1.165, 1.54) is 6.08 Å². The zero-order chi connectivity index (χ0) is 15.0. The first-order valence-electron chi connectivity index (χ1n) is 7.05. The molecule has 0 unspecified atom stereocenters. The summed E-state index contributed by atoms with van der Waals surface area (Å²) in [6, 6.07) is 5.64. The van der Waals surface area contributed by atoms with E-state index in [1.54, 1.807) is 18.1 Å². The van der Waals surface area contributed by atoms with Crippen molar-refractivity contribution >= 4 is 27.9 Å². The van der Waals surface area contributed by atoms with Gasteiger partial charge in [-0.1, -0.05) is 15.9 Å². The molecular formula is C16H18BrNO3. The van der Waals surface area contributed by atoms with Crippen LogP contribution in [0.15, 0.2) is 28.7 Å². The van der Waals surface area contributed by atoms with Gasteiger partial charge in [0, 0.05) is 16.1 Å². The van der Waals surface area contributed by atoms with Crippen LogP contribution in [0.3, 0.4) is 0 Å². The van der Waals surface area contributed by atoms with Gasteiger partial charge in [-0.3, -0.25) is 4.79 Å². The number of ether oxygens (including phenoxy) is 1. The van der Waals surface area contributed by atoms with E-state index in [4.69, 9.17) is 4.74 Å². The minimum absolute atomic E-state index is 0.0673. The van der Waals surface area contributed by atoms with Crippen molar-refractivity contribution in [2.24, 2.45) is 5.92 Å². The summed E-state index contributed by atoms with van der Waals surface area (Å²) < 4.78 is 6.20. The average Bonchev–Trinajstić information content (AvgIpc) is 3.26. The molecule has 1 amide bonds. The molecule has 112 valence electrons. The zero-order valence-corrected chi connectivity index (χ0v) is 13.5. The molecule has 0 bridgehead atoms. The van der Waals surface area contributed by atoms with Gasteiger partial charge in [0.05, 0.1) is 20.2 Å². The molecule has 1 saturated heterocycles. The number of aliphatic hydroxyl groups is 1. The summed E-state index contributed by atoms with van der Waals surface area (Å²) in [6.07, 6.45) is 5.46. The molecule has 3 rings (SSSR count). The number of hydrogen-bond acceptors (Lipinski definition) is 3. The van der Waals surface area contributed by atoms with Crippen molar-refractivity contribution in [2.75, 3.05) is 20.2 Å². The molecule has 1 aliphatic heterocycles. The minimum atomic E-state index is -0.628. The summed E-state index contributed by atoms with van der Waals surface area (Å²) in [4.78, 5) is 13.8. The van der Waals surface area contributed by atoms with Gasteiger partial charge in [-0.05, 0) is 43.0 Å². The van der Waals surface area contributed by atoms with Gasteiger partial charge in [0.15, 0.2) is 0 Å². The van der Waals surface area contributed by atoms with E-state index < -0.39 is 5.60 Å². The van der Waals surface area contributed by atoms with Crippen molar-refractivity contribution in [1.82, 2.24) is 4.90 Å². The maximum Gasteiger partial charge on any atom is 0.246 e. The van der Waals surface area contributed by atoms with Crippen molar-refractivity contribution in [3.05, 3.63) is 34.3 Å². The molecule has 1 saturated carbocycles. The number of amides is 1. The minimum Gasteiger partial charge on any atom is -0.496 e. The largest absolute Gasteiger partial charge is 0.496 e. The van der Waals surface area contributed by atoms with E-state index in [1.807, 2.05) is 18.2 Å². The molecule has 0 atom stereocenters. The summed E-state index contributed by atoms with van der Waals surface area (Å²) in [5, 5.41) is 10.2. The molecule has 21 heavy (non-hydrogen) atoms. The van der Waals surface area contributed by atoms with E-state index in [-0.39, 0.29) is 5.91 Å². The van der Waals surface area contributed by atoms with Gasteiger partial charge in [0.1, 0.15) is 11.4 Å². The third-order valence-electron chi connectivity index (χ3n) is 4.18. The van der Waals surface area contributed by atoms with E-state index in [0.717, 1.165) is 28.6 Å². The van der Waals surface area contributed by atoms with Crippen LogP contribution in [0.5, 0.6) is 5.75 Å². The maximum atomic E-state index is 12.1. The van der Waals surface area contributed by atoms with Crippen molar-refractivity contribution in [3.63, 3.8) is 0 Å². The first-order chi connectivity index (χ1) is 10.0. The van der Waals surface area contributed by atoms with Gasteiger partial charge in [0.2, 0.25) is 5.91 Å². The first-order valence-corrected chi connectivity index (χ1v) is 7.84. The van der Waals surface area contributed by atoms with Crippen LogP contribution in [0.1, 0.15) is 18.4 Å². The Bertz CT molecular complexity index is 589. The Kier molecular flexibility index (Phi) is 3.80. The van der Waals surface area contributed by atoms with Crippen LogP contribution >= 0.6 is 15.9 Å². The van der Waals surface area contributed by atoms with E-state index in [2.05, 4.69) is 15.9 Å². The van der Waals surface area contributed by atoms with Crippen molar-refractivity contribution in [3.8, 4) is 5.75 Å². The number of methoxy groups -OCH3 is 1. The summed E-state index contributed by atoms with van der Waals surface area (Å²) in [5.41, 5.74) is 0.218. The van der Waals surface area contributed by atoms with Crippen LogP contribution in [0.25, 0.3) is 6.08 Å². The highest BCUT2D eigenvalue weighted by Crippen LogP contribution is 2.44. The Hall–Kier alpha value is -1.33. The number of carbonyl (C=O) groups is 1. The highest BCUT2D eigenvalue weighted by Gasteiger charge is 2.52. The summed E-state index contributed by atoms with van der Waals surface area (Å²) >= 11 is 3.41. The molecular weight excluding hydrogens is 334 g/mol. The van der Waals surface area contributed by atoms with E-state index >= 15 is 0 Å². The number of nitrogens with zero attached hydrogens (tertiary/aromatic N) is 1. The normalized spacial score (nSPS) is 20.4. The number of halogens is 1. The van der Waals surface area contributed by atoms with Crippen LogP contribution in [-0.2, 0) is 4.79 Å². The molecule has 5 heteroatoms. The van der Waals surface area contributed by atoms with Crippen molar-refractivity contribution in [2.45, 2.75) is 18.4 Å². The number of rotatable bonds is 4. The molecule has 0 spiro atoms. The van der Waals surface area contributed by atoms with Gasteiger partial charge in [0.25, 0.3) is 0 Å². The molecule has 2 aliphatic rings. The molecule has 1 heterocycles. The zero-order valence-electron chi connectivity index (χ0n) is 11.9. The number of benzene rings is 1. The molecule has 0 aromatic heterocycles.